The van der Waals surface area contributed by atoms with Gasteiger partial charge in [0.15, 0.2) is 5.60 Å². The second-order valence-corrected chi connectivity index (χ2v) is 20.4. The van der Waals surface area contributed by atoms with E-state index in [1.165, 1.54) is 22.0 Å². The van der Waals surface area contributed by atoms with Crippen LogP contribution >= 0.6 is 0 Å². The van der Waals surface area contributed by atoms with E-state index in [9.17, 15) is 24.8 Å². The van der Waals surface area contributed by atoms with Crippen molar-refractivity contribution in [2.75, 3.05) is 62.8 Å². The quantitative estimate of drug-likeness (QED) is 0.0900. The maximum Gasteiger partial charge on any atom is 0.343 e. The van der Waals surface area contributed by atoms with Crippen molar-refractivity contribution in [2.45, 2.75) is 110 Å². The topological polar surface area (TPSA) is 179 Å². The Hall–Kier alpha value is -7.35. The molecule has 16 heteroatoms. The molecule has 0 radical (unpaired) electrons. The van der Waals surface area contributed by atoms with Crippen LogP contribution in [-0.2, 0) is 52.5 Å². The minimum absolute atomic E-state index is 0.0219. The summed E-state index contributed by atoms with van der Waals surface area (Å²) in [5, 5.41) is 24.9. The number of likely N-dealkylation sites (N-methyl/N-ethyl adjacent to an activating group) is 1. The number of aryl methyl sites for hydroxylation is 2. The number of allylic oxidation sites excluding steroid dienone is 1. The van der Waals surface area contributed by atoms with Gasteiger partial charge in [-0.1, -0.05) is 57.2 Å². The molecule has 382 valence electrons. The van der Waals surface area contributed by atoms with Crippen LogP contribution in [0.1, 0.15) is 91.9 Å². The number of carbonyl (C=O) groups is 2. The van der Waals surface area contributed by atoms with Crippen LogP contribution < -0.4 is 24.8 Å². The van der Waals surface area contributed by atoms with E-state index < -0.39 is 17.6 Å². The standard InChI is InChI=1S/C58H63N9O7/c1-6-12-37(32-72-40-18-19-47-43(27-40)41(7-2)44-30-67-50(52(44)60-47)28-46-45(55(67)69)34-73-56(70)58(46,71)8-3)54(68)66-26-25-65(29-38(66)20-22-59)53-42-21-24-64(49-17-10-15-36-14-9-13-35(4)51(36)49)31-48(42)61-57(62-53)74-33-39-16-11-23-63(39)5/h9-10,12-15,17-19,27-28,38-39,71H,6-8,11,16,20-21,23-26,29-34H2,1-5H3/b37-12+. The Morgan fingerprint density at radius 2 is 1.78 bits per heavy atom. The molecule has 16 nitrogen and oxygen atoms in total. The number of rotatable bonds is 13. The Morgan fingerprint density at radius 3 is 2.55 bits per heavy atom. The average molecular weight is 998 g/mol. The van der Waals surface area contributed by atoms with Gasteiger partial charge in [-0.15, -0.1) is 0 Å². The van der Waals surface area contributed by atoms with Crippen molar-refractivity contribution in [2.24, 2.45) is 0 Å². The molecule has 1 N–H and O–H groups in total. The summed E-state index contributed by atoms with van der Waals surface area (Å²) in [6.07, 6.45) is 6.30. The molecule has 6 aromatic rings. The number of fused-ring (bicyclic) bond motifs is 7. The highest BCUT2D eigenvalue weighted by Crippen LogP contribution is 2.42. The number of nitriles is 1. The zero-order valence-corrected chi connectivity index (χ0v) is 42.9. The van der Waals surface area contributed by atoms with Crippen LogP contribution in [0.3, 0.4) is 0 Å². The second-order valence-electron chi connectivity index (χ2n) is 20.4. The number of esters is 1. The number of ether oxygens (including phenoxy) is 3. The fraction of sp³-hybridized carbons (Fsp3) is 0.431. The predicted octanol–water partition coefficient (Wildman–Crippen LogP) is 7.28. The number of cyclic esters (lactones) is 1. The molecule has 5 aliphatic rings. The van der Waals surface area contributed by atoms with Crippen molar-refractivity contribution in [1.82, 2.24) is 29.3 Å². The average Bonchev–Trinajstić information content (AvgIpc) is 4.01. The summed E-state index contributed by atoms with van der Waals surface area (Å²) in [7, 11) is 2.14. The van der Waals surface area contributed by atoms with Crippen molar-refractivity contribution in [3.8, 4) is 29.2 Å². The van der Waals surface area contributed by atoms with E-state index in [2.05, 4.69) is 78.1 Å². The molecule has 0 saturated carbocycles. The SMILES string of the molecule is CC/C=C(\COc1ccc2nc3c(c(CC)c2c1)Cn1c-3cc2c(c1=O)COC(=O)C2(O)CC)C(=O)N1CCN(c2nc(OCC3CCCN3C)nc3c2CCN(c2cccc4cccc(C)c24)C3)CC1CC#N. The molecule has 3 aromatic heterocycles. The molecule has 0 aliphatic carbocycles. The van der Waals surface area contributed by atoms with E-state index in [0.717, 1.165) is 65.9 Å². The van der Waals surface area contributed by atoms with Gasteiger partial charge in [-0.2, -0.15) is 15.2 Å². The lowest BCUT2D eigenvalue weighted by atomic mass is 9.86. The lowest BCUT2D eigenvalue weighted by molar-refractivity contribution is -0.172. The number of piperazine rings is 1. The molecular weight excluding hydrogens is 935 g/mol. The molecule has 8 heterocycles. The normalized spacial score (nSPS) is 20.5. The Morgan fingerprint density at radius 1 is 0.946 bits per heavy atom. The van der Waals surface area contributed by atoms with Crippen LogP contribution in [-0.4, -0.2) is 111 Å². The van der Waals surface area contributed by atoms with Crippen LogP contribution in [0.15, 0.2) is 77.1 Å². The Balaban J connectivity index is 0.834. The second kappa shape index (κ2) is 19.8. The number of likely N-dealkylation sites (tertiary alicyclic amines) is 1. The molecule has 2 fully saturated rings. The first-order valence-electron chi connectivity index (χ1n) is 26.3. The zero-order chi connectivity index (χ0) is 51.4. The number of carbonyl (C=O) groups excluding carboxylic acids is 2. The molecule has 0 bridgehead atoms. The van der Waals surface area contributed by atoms with E-state index in [1.54, 1.807) is 17.6 Å². The third kappa shape index (κ3) is 8.49. The highest BCUT2D eigenvalue weighted by atomic mass is 16.6. The summed E-state index contributed by atoms with van der Waals surface area (Å²) in [4.78, 5) is 65.5. The number of anilines is 2. The van der Waals surface area contributed by atoms with Gasteiger partial charge in [0.25, 0.3) is 11.5 Å². The van der Waals surface area contributed by atoms with Gasteiger partial charge in [-0.3, -0.25) is 9.59 Å². The van der Waals surface area contributed by atoms with Crippen LogP contribution in [0.25, 0.3) is 33.1 Å². The van der Waals surface area contributed by atoms with E-state index in [0.29, 0.717) is 92.5 Å². The maximum absolute atomic E-state index is 14.7. The van der Waals surface area contributed by atoms with Gasteiger partial charge in [0.2, 0.25) is 0 Å². The summed E-state index contributed by atoms with van der Waals surface area (Å²) in [5.74, 6) is 0.458. The van der Waals surface area contributed by atoms with Crippen molar-refractivity contribution in [1.29, 1.82) is 5.26 Å². The summed E-state index contributed by atoms with van der Waals surface area (Å²) >= 11 is 0. The molecular formula is C58H63N9O7. The van der Waals surface area contributed by atoms with Crippen LogP contribution in [0.5, 0.6) is 11.8 Å². The largest absolute Gasteiger partial charge is 0.489 e. The van der Waals surface area contributed by atoms with Gasteiger partial charge in [-0.25, -0.2) is 9.78 Å². The van der Waals surface area contributed by atoms with Gasteiger partial charge in [0, 0.05) is 65.4 Å². The smallest absolute Gasteiger partial charge is 0.343 e. The van der Waals surface area contributed by atoms with Crippen LogP contribution in [0.2, 0.25) is 0 Å². The molecule has 3 unspecified atom stereocenters. The summed E-state index contributed by atoms with van der Waals surface area (Å²) in [5.41, 5.74) is 7.09. The summed E-state index contributed by atoms with van der Waals surface area (Å²) in [6.45, 7) is 12.3. The fourth-order valence-electron chi connectivity index (χ4n) is 12.1. The third-order valence-corrected chi connectivity index (χ3v) is 16.2. The van der Waals surface area contributed by atoms with Gasteiger partial charge in [0.1, 0.15) is 31.4 Å². The van der Waals surface area contributed by atoms with Gasteiger partial charge in [-0.05, 0) is 106 Å². The zero-order valence-electron chi connectivity index (χ0n) is 42.9. The molecule has 3 atom stereocenters. The predicted molar refractivity (Wildman–Crippen MR) is 282 cm³/mol. The van der Waals surface area contributed by atoms with E-state index in [4.69, 9.17) is 29.2 Å². The highest BCUT2D eigenvalue weighted by Gasteiger charge is 2.46. The Kier molecular flexibility index (Phi) is 13.1. The Bertz CT molecular complexity index is 3380. The summed E-state index contributed by atoms with van der Waals surface area (Å²) in [6, 6.07) is 22.9. The van der Waals surface area contributed by atoms with Gasteiger partial charge >= 0.3 is 12.0 Å². The number of aliphatic hydroxyl groups is 1. The first-order chi connectivity index (χ1) is 35.9. The monoisotopic (exact) mass is 997 g/mol. The van der Waals surface area contributed by atoms with Crippen molar-refractivity contribution >= 4 is 45.1 Å². The number of hydrogen-bond acceptors (Lipinski definition) is 14. The number of pyridine rings is 2. The number of nitrogens with zero attached hydrogens (tertiary/aromatic N) is 9. The number of hydrogen-bond donors (Lipinski definition) is 1. The Labute approximate surface area is 430 Å². The first kappa shape index (κ1) is 48.9. The fourth-order valence-corrected chi connectivity index (χ4v) is 12.1. The lowest BCUT2D eigenvalue weighted by Crippen LogP contribution is -2.56. The number of amides is 1. The number of aromatic nitrogens is 4. The summed E-state index contributed by atoms with van der Waals surface area (Å²) < 4.78 is 19.9. The van der Waals surface area contributed by atoms with Gasteiger partial charge in [0.05, 0.1) is 65.4 Å². The van der Waals surface area contributed by atoms with Crippen LogP contribution in [0, 0.1) is 18.3 Å². The van der Waals surface area contributed by atoms with Crippen molar-refractivity contribution in [3.05, 3.63) is 122 Å². The van der Waals surface area contributed by atoms with Gasteiger partial charge < -0.3 is 43.5 Å². The maximum atomic E-state index is 14.7. The first-order valence-corrected chi connectivity index (χ1v) is 26.3. The minimum Gasteiger partial charge on any atom is -0.489 e. The minimum atomic E-state index is -1.91. The molecule has 1 amide bonds. The molecule has 74 heavy (non-hydrogen) atoms. The van der Waals surface area contributed by atoms with E-state index in [1.807, 2.05) is 36.1 Å². The molecule has 3 aromatic carbocycles. The number of benzene rings is 3. The van der Waals surface area contributed by atoms with Crippen molar-refractivity contribution in [3.63, 3.8) is 0 Å². The lowest BCUT2D eigenvalue weighted by Gasteiger charge is -2.42. The van der Waals surface area contributed by atoms with Crippen molar-refractivity contribution < 1.29 is 28.9 Å². The molecule has 0 spiro atoms. The molecule has 5 aliphatic heterocycles. The van der Waals surface area contributed by atoms with Crippen LogP contribution in [0.4, 0.5) is 11.5 Å². The highest BCUT2D eigenvalue weighted by molar-refractivity contribution is 5.97. The third-order valence-electron chi connectivity index (χ3n) is 16.2. The molecule has 2 saturated heterocycles. The van der Waals surface area contributed by atoms with E-state index in [-0.39, 0.29) is 48.6 Å². The molecule has 11 rings (SSSR count). The van der Waals surface area contributed by atoms with E-state index >= 15 is 0 Å².